The summed E-state index contributed by atoms with van der Waals surface area (Å²) in [4.78, 5) is 4.09. The first-order chi connectivity index (χ1) is 9.33. The topological polar surface area (TPSA) is 37.0 Å². The van der Waals surface area contributed by atoms with Crippen molar-refractivity contribution in [2.45, 2.75) is 51.4 Å². The normalized spacial score (nSPS) is 13.3. The summed E-state index contributed by atoms with van der Waals surface area (Å²) in [6, 6.07) is 1.73. The molecule has 0 aromatic carbocycles. The van der Waals surface area contributed by atoms with Gasteiger partial charge in [-0.1, -0.05) is 6.92 Å². The Morgan fingerprint density at radius 1 is 1.40 bits per heavy atom. The number of anilines is 1. The maximum absolute atomic E-state index is 14.3. The number of nitrogens with one attached hydrogen (secondary N) is 2. The Bertz CT molecular complexity index is 418. The molecule has 0 aliphatic heterocycles. The van der Waals surface area contributed by atoms with E-state index in [9.17, 15) is 4.39 Å². The highest BCUT2D eigenvalue weighted by atomic mass is 32.2. The summed E-state index contributed by atoms with van der Waals surface area (Å²) >= 11 is 1.81. The fraction of sp³-hybridized carbons (Fsp3) is 0.667. The molecule has 0 aliphatic rings. The third-order valence-corrected chi connectivity index (χ3v) is 4.06. The number of rotatable bonds is 7. The summed E-state index contributed by atoms with van der Waals surface area (Å²) in [6.07, 6.45) is 4.73. The van der Waals surface area contributed by atoms with Gasteiger partial charge in [0.15, 0.2) is 11.6 Å². The van der Waals surface area contributed by atoms with Crippen LogP contribution in [0.4, 0.5) is 10.2 Å². The van der Waals surface area contributed by atoms with Gasteiger partial charge in [0, 0.05) is 35.6 Å². The van der Waals surface area contributed by atoms with E-state index in [1.807, 2.05) is 11.8 Å². The van der Waals surface area contributed by atoms with Crippen molar-refractivity contribution < 1.29 is 4.39 Å². The third-order valence-electron chi connectivity index (χ3n) is 3.02. The van der Waals surface area contributed by atoms with Gasteiger partial charge in [-0.2, -0.15) is 11.8 Å². The molecule has 0 bridgehead atoms. The van der Waals surface area contributed by atoms with Gasteiger partial charge in [0.25, 0.3) is 0 Å². The Balaban J connectivity index is 2.60. The molecule has 114 valence electrons. The fourth-order valence-electron chi connectivity index (χ4n) is 1.62. The molecule has 0 aliphatic carbocycles. The van der Waals surface area contributed by atoms with Crippen LogP contribution in [0.2, 0.25) is 0 Å². The number of thioether (sulfide) groups is 1. The van der Waals surface area contributed by atoms with Crippen LogP contribution in [0.3, 0.4) is 0 Å². The molecule has 3 nitrogen and oxygen atoms in total. The highest BCUT2D eigenvalue weighted by Crippen LogP contribution is 2.17. The summed E-state index contributed by atoms with van der Waals surface area (Å²) in [5, 5.41) is 6.95. The van der Waals surface area contributed by atoms with Crippen LogP contribution in [-0.2, 0) is 6.54 Å². The van der Waals surface area contributed by atoms with Crippen molar-refractivity contribution in [3.05, 3.63) is 23.6 Å². The van der Waals surface area contributed by atoms with E-state index >= 15 is 0 Å². The van der Waals surface area contributed by atoms with Gasteiger partial charge in [0.05, 0.1) is 0 Å². The Hall–Kier alpha value is -0.810. The summed E-state index contributed by atoms with van der Waals surface area (Å²) in [5.74, 6) is 0.104. The third kappa shape index (κ3) is 6.09. The number of hydrogen-bond acceptors (Lipinski definition) is 4. The van der Waals surface area contributed by atoms with E-state index in [1.165, 1.54) is 0 Å². The van der Waals surface area contributed by atoms with Gasteiger partial charge in [0.1, 0.15) is 0 Å². The van der Waals surface area contributed by atoms with Crippen LogP contribution in [0.1, 0.15) is 39.7 Å². The molecular formula is C15H26FN3S. The van der Waals surface area contributed by atoms with E-state index in [2.05, 4.69) is 49.6 Å². The fourth-order valence-corrected chi connectivity index (χ4v) is 1.97. The van der Waals surface area contributed by atoms with E-state index in [0.29, 0.717) is 23.2 Å². The molecule has 0 spiro atoms. The highest BCUT2D eigenvalue weighted by Gasteiger charge is 2.13. The zero-order chi connectivity index (χ0) is 15.2. The van der Waals surface area contributed by atoms with Crippen LogP contribution in [-0.4, -0.2) is 28.6 Å². The molecule has 1 atom stereocenters. The zero-order valence-electron chi connectivity index (χ0n) is 13.1. The van der Waals surface area contributed by atoms with Crippen LogP contribution in [0.25, 0.3) is 0 Å². The number of pyridine rings is 1. The van der Waals surface area contributed by atoms with Crippen molar-refractivity contribution in [1.82, 2.24) is 10.3 Å². The van der Waals surface area contributed by atoms with Gasteiger partial charge in [0.2, 0.25) is 0 Å². The number of nitrogens with zero attached hydrogens (tertiary/aromatic N) is 1. The summed E-state index contributed by atoms with van der Waals surface area (Å²) in [5.41, 5.74) is 0.618. The van der Waals surface area contributed by atoms with Crippen LogP contribution in [0.15, 0.2) is 12.3 Å². The van der Waals surface area contributed by atoms with E-state index < -0.39 is 0 Å². The predicted octanol–water partition coefficient (Wildman–Crippen LogP) is 3.66. The van der Waals surface area contributed by atoms with Gasteiger partial charge >= 0.3 is 0 Å². The van der Waals surface area contributed by atoms with E-state index in [-0.39, 0.29) is 11.4 Å². The Morgan fingerprint density at radius 2 is 2.10 bits per heavy atom. The molecule has 0 saturated carbocycles. The highest BCUT2D eigenvalue weighted by molar-refractivity contribution is 7.99. The largest absolute Gasteiger partial charge is 0.368 e. The van der Waals surface area contributed by atoms with Crippen molar-refractivity contribution in [3.63, 3.8) is 0 Å². The first kappa shape index (κ1) is 17.2. The minimum atomic E-state index is -0.249. The lowest BCUT2D eigenvalue weighted by Gasteiger charge is -2.21. The molecule has 2 N–H and O–H groups in total. The lowest BCUT2D eigenvalue weighted by Crippen LogP contribution is -2.35. The van der Waals surface area contributed by atoms with Crippen LogP contribution in [0.5, 0.6) is 0 Å². The van der Waals surface area contributed by atoms with Crippen molar-refractivity contribution in [2.24, 2.45) is 0 Å². The molecule has 5 heteroatoms. The number of hydrogen-bond donors (Lipinski definition) is 2. The lowest BCUT2D eigenvalue weighted by molar-refractivity contribution is 0.418. The molecular weight excluding hydrogens is 273 g/mol. The van der Waals surface area contributed by atoms with Gasteiger partial charge < -0.3 is 10.6 Å². The van der Waals surface area contributed by atoms with E-state index in [1.54, 1.807) is 12.3 Å². The van der Waals surface area contributed by atoms with Crippen LogP contribution < -0.4 is 10.6 Å². The molecule has 1 unspecified atom stereocenters. The maximum atomic E-state index is 14.3. The van der Waals surface area contributed by atoms with Gasteiger partial charge in [-0.05, 0) is 39.5 Å². The second-order valence-corrected chi connectivity index (χ2v) is 7.27. The Kier molecular flexibility index (Phi) is 6.76. The molecule has 1 rings (SSSR count). The van der Waals surface area contributed by atoms with Gasteiger partial charge in [-0.25, -0.2) is 9.37 Å². The molecule has 1 aromatic heterocycles. The smallest absolute Gasteiger partial charge is 0.169 e. The molecule has 1 aromatic rings. The van der Waals surface area contributed by atoms with Crippen molar-refractivity contribution in [2.75, 3.05) is 18.1 Å². The lowest BCUT2D eigenvalue weighted by atomic mass is 10.1. The summed E-state index contributed by atoms with van der Waals surface area (Å²) < 4.78 is 14.3. The van der Waals surface area contributed by atoms with Crippen molar-refractivity contribution in [1.29, 1.82) is 0 Å². The monoisotopic (exact) mass is 299 g/mol. The molecule has 0 radical (unpaired) electrons. The molecule has 20 heavy (non-hydrogen) atoms. The van der Waals surface area contributed by atoms with E-state index in [0.717, 1.165) is 13.0 Å². The molecule has 0 saturated heterocycles. The standard InChI is InChI=1S/C15H26FN3S/c1-11(20-5)6-8-17-14-13(16)12(7-9-18-14)10-19-15(2,3)4/h7,9,11,19H,6,8,10H2,1-5H3,(H,17,18). The molecule has 1 heterocycles. The second-order valence-electron chi connectivity index (χ2n) is 6.00. The quantitative estimate of drug-likeness (QED) is 0.805. The van der Waals surface area contributed by atoms with Crippen molar-refractivity contribution in [3.8, 4) is 0 Å². The second kappa shape index (κ2) is 7.84. The maximum Gasteiger partial charge on any atom is 0.169 e. The minimum Gasteiger partial charge on any atom is -0.368 e. The minimum absolute atomic E-state index is 0.0307. The van der Waals surface area contributed by atoms with Crippen molar-refractivity contribution >= 4 is 17.6 Å². The first-order valence-corrected chi connectivity index (χ1v) is 8.27. The molecule has 0 fully saturated rings. The van der Waals surface area contributed by atoms with Crippen LogP contribution >= 0.6 is 11.8 Å². The zero-order valence-corrected chi connectivity index (χ0v) is 13.9. The van der Waals surface area contributed by atoms with Crippen LogP contribution in [0, 0.1) is 5.82 Å². The average Bonchev–Trinajstić information content (AvgIpc) is 2.38. The number of halogens is 1. The molecule has 0 amide bonds. The predicted molar refractivity (Wildman–Crippen MR) is 86.9 cm³/mol. The number of aromatic nitrogens is 1. The SMILES string of the molecule is CSC(C)CCNc1nccc(CNC(C)(C)C)c1F. The van der Waals surface area contributed by atoms with Gasteiger partial charge in [-0.3, -0.25) is 0 Å². The Labute approximate surface area is 126 Å². The average molecular weight is 299 g/mol. The van der Waals surface area contributed by atoms with Gasteiger partial charge in [-0.15, -0.1) is 0 Å². The summed E-state index contributed by atoms with van der Waals surface area (Å²) in [6.45, 7) is 9.61. The Morgan fingerprint density at radius 3 is 2.70 bits per heavy atom. The summed E-state index contributed by atoms with van der Waals surface area (Å²) in [7, 11) is 0. The first-order valence-electron chi connectivity index (χ1n) is 6.98. The van der Waals surface area contributed by atoms with E-state index in [4.69, 9.17) is 0 Å².